The zero-order valence-corrected chi connectivity index (χ0v) is 13.1. The van der Waals surface area contributed by atoms with E-state index < -0.39 is 17.3 Å². The van der Waals surface area contributed by atoms with Gasteiger partial charge >= 0.3 is 6.18 Å². The lowest BCUT2D eigenvalue weighted by Crippen LogP contribution is -2.25. The van der Waals surface area contributed by atoms with Crippen molar-refractivity contribution in [3.63, 3.8) is 0 Å². The predicted octanol–water partition coefficient (Wildman–Crippen LogP) is 3.65. The van der Waals surface area contributed by atoms with Gasteiger partial charge in [0.2, 0.25) is 5.91 Å². The molecule has 1 amide bonds. The Morgan fingerprint density at radius 1 is 1.21 bits per heavy atom. The second-order valence-electron chi connectivity index (χ2n) is 5.35. The summed E-state index contributed by atoms with van der Waals surface area (Å²) in [4.78, 5) is 23.9. The topological polar surface area (TPSA) is 51.1 Å². The molecule has 0 saturated carbocycles. The number of amides is 1. The summed E-state index contributed by atoms with van der Waals surface area (Å²) in [7, 11) is 0. The highest BCUT2D eigenvalue weighted by atomic mass is 19.4. The molecule has 0 radical (unpaired) electrons. The van der Waals surface area contributed by atoms with Crippen molar-refractivity contribution >= 4 is 11.6 Å². The lowest BCUT2D eigenvalue weighted by Gasteiger charge is -2.11. The highest BCUT2D eigenvalue weighted by Gasteiger charge is 2.30. The van der Waals surface area contributed by atoms with Gasteiger partial charge in [0, 0.05) is 12.6 Å². The van der Waals surface area contributed by atoms with Gasteiger partial charge in [0.1, 0.15) is 5.69 Å². The summed E-state index contributed by atoms with van der Waals surface area (Å²) in [6.07, 6.45) is -2.02. The van der Waals surface area contributed by atoms with Gasteiger partial charge in [-0.2, -0.15) is 13.2 Å². The normalized spacial score (nSPS) is 11.3. The summed E-state index contributed by atoms with van der Waals surface area (Å²) in [5.74, 6) is -0.272. The second kappa shape index (κ2) is 7.33. The smallest absolute Gasteiger partial charge is 0.321 e. The van der Waals surface area contributed by atoms with Crippen LogP contribution < -0.4 is 10.9 Å². The standard InChI is InChI=1S/C17H17F3N2O2/c1-2-5-15(23)21-14-8-4-9-22(16(14)24)11-12-6-3-7-13(10-12)17(18,19)20/h3-4,6-10H,2,5,11H2,1H3,(H,21,23). The number of pyridine rings is 1. The molecule has 0 atom stereocenters. The van der Waals surface area contributed by atoms with E-state index in [9.17, 15) is 22.8 Å². The molecule has 24 heavy (non-hydrogen) atoms. The van der Waals surface area contributed by atoms with E-state index in [0.717, 1.165) is 12.1 Å². The number of carbonyl (C=O) groups is 1. The third-order valence-corrected chi connectivity index (χ3v) is 3.38. The van der Waals surface area contributed by atoms with Crippen LogP contribution in [0.15, 0.2) is 47.4 Å². The predicted molar refractivity (Wildman–Crippen MR) is 84.8 cm³/mol. The Labute approximate surface area is 136 Å². The highest BCUT2D eigenvalue weighted by Crippen LogP contribution is 2.29. The SMILES string of the molecule is CCCC(=O)Nc1cccn(Cc2cccc(C(F)(F)F)c2)c1=O. The summed E-state index contributed by atoms with van der Waals surface area (Å²) in [5, 5.41) is 2.52. The summed E-state index contributed by atoms with van der Waals surface area (Å²) in [6.45, 7) is 1.83. The van der Waals surface area contributed by atoms with Crippen molar-refractivity contribution in [2.45, 2.75) is 32.5 Å². The molecule has 0 saturated heterocycles. The summed E-state index contributed by atoms with van der Waals surface area (Å²) in [6, 6.07) is 7.84. The Balaban J connectivity index is 2.25. The van der Waals surface area contributed by atoms with E-state index in [1.54, 1.807) is 6.07 Å². The maximum atomic E-state index is 12.8. The average Bonchev–Trinajstić information content (AvgIpc) is 2.51. The number of rotatable bonds is 5. The molecule has 1 aromatic carbocycles. The monoisotopic (exact) mass is 338 g/mol. The highest BCUT2D eigenvalue weighted by molar-refractivity contribution is 5.90. The van der Waals surface area contributed by atoms with E-state index in [2.05, 4.69) is 5.32 Å². The molecule has 1 aromatic heterocycles. The van der Waals surface area contributed by atoms with Crippen LogP contribution in [0, 0.1) is 0 Å². The van der Waals surface area contributed by atoms with Gasteiger partial charge in [-0.15, -0.1) is 0 Å². The van der Waals surface area contributed by atoms with Crippen LogP contribution in [-0.2, 0) is 17.5 Å². The van der Waals surface area contributed by atoms with E-state index in [1.165, 1.54) is 29.0 Å². The van der Waals surface area contributed by atoms with Crippen LogP contribution >= 0.6 is 0 Å². The number of hydrogen-bond acceptors (Lipinski definition) is 2. The number of anilines is 1. The molecule has 0 spiro atoms. The maximum absolute atomic E-state index is 12.8. The van der Waals surface area contributed by atoms with Crippen LogP contribution in [0.2, 0.25) is 0 Å². The van der Waals surface area contributed by atoms with Crippen LogP contribution in [0.5, 0.6) is 0 Å². The maximum Gasteiger partial charge on any atom is 0.416 e. The average molecular weight is 338 g/mol. The Hall–Kier alpha value is -2.57. The Morgan fingerprint density at radius 3 is 2.62 bits per heavy atom. The van der Waals surface area contributed by atoms with E-state index in [4.69, 9.17) is 0 Å². The molecule has 0 aliphatic rings. The first-order chi connectivity index (χ1) is 11.3. The number of alkyl halides is 3. The van der Waals surface area contributed by atoms with Gasteiger partial charge in [-0.1, -0.05) is 19.1 Å². The van der Waals surface area contributed by atoms with Crippen LogP contribution in [-0.4, -0.2) is 10.5 Å². The van der Waals surface area contributed by atoms with Crippen molar-refractivity contribution in [3.8, 4) is 0 Å². The van der Waals surface area contributed by atoms with Gasteiger partial charge in [0.05, 0.1) is 12.1 Å². The van der Waals surface area contributed by atoms with Crippen molar-refractivity contribution < 1.29 is 18.0 Å². The Bertz CT molecular complexity index is 782. The largest absolute Gasteiger partial charge is 0.416 e. The van der Waals surface area contributed by atoms with Crippen molar-refractivity contribution in [1.82, 2.24) is 4.57 Å². The molecule has 0 unspecified atom stereocenters. The lowest BCUT2D eigenvalue weighted by molar-refractivity contribution is -0.137. The van der Waals surface area contributed by atoms with E-state index in [-0.39, 0.29) is 18.1 Å². The number of carbonyl (C=O) groups excluding carboxylic acids is 1. The van der Waals surface area contributed by atoms with Gasteiger partial charge in [-0.3, -0.25) is 9.59 Å². The van der Waals surface area contributed by atoms with Gasteiger partial charge in [0.25, 0.3) is 5.56 Å². The zero-order chi connectivity index (χ0) is 17.7. The first-order valence-corrected chi connectivity index (χ1v) is 7.46. The molecular weight excluding hydrogens is 321 g/mol. The molecule has 7 heteroatoms. The van der Waals surface area contributed by atoms with E-state index in [1.807, 2.05) is 6.92 Å². The fourth-order valence-electron chi connectivity index (χ4n) is 2.24. The van der Waals surface area contributed by atoms with Crippen LogP contribution in [0.25, 0.3) is 0 Å². The first kappa shape index (κ1) is 17.8. The van der Waals surface area contributed by atoms with Crippen molar-refractivity contribution in [1.29, 1.82) is 0 Å². The minimum absolute atomic E-state index is 0.0136. The molecule has 0 fully saturated rings. The molecule has 4 nitrogen and oxygen atoms in total. The molecule has 0 bridgehead atoms. The fourth-order valence-corrected chi connectivity index (χ4v) is 2.24. The zero-order valence-electron chi connectivity index (χ0n) is 13.1. The quantitative estimate of drug-likeness (QED) is 0.905. The third-order valence-electron chi connectivity index (χ3n) is 3.38. The molecule has 2 rings (SSSR count). The van der Waals surface area contributed by atoms with Gasteiger partial charge in [-0.05, 0) is 36.2 Å². The molecule has 2 aromatic rings. The lowest BCUT2D eigenvalue weighted by atomic mass is 10.1. The molecule has 1 heterocycles. The van der Waals surface area contributed by atoms with E-state index >= 15 is 0 Å². The summed E-state index contributed by atoms with van der Waals surface area (Å²) in [5.41, 5.74) is -0.758. The van der Waals surface area contributed by atoms with Gasteiger partial charge in [-0.25, -0.2) is 0 Å². The molecule has 128 valence electrons. The minimum atomic E-state index is -4.43. The Morgan fingerprint density at radius 2 is 1.96 bits per heavy atom. The van der Waals surface area contributed by atoms with Crippen molar-refractivity contribution in [3.05, 3.63) is 64.1 Å². The van der Waals surface area contributed by atoms with Crippen molar-refractivity contribution in [2.24, 2.45) is 0 Å². The van der Waals surface area contributed by atoms with Gasteiger partial charge in [0.15, 0.2) is 0 Å². The van der Waals surface area contributed by atoms with E-state index in [0.29, 0.717) is 18.4 Å². The molecule has 0 aliphatic heterocycles. The molecule has 1 N–H and O–H groups in total. The van der Waals surface area contributed by atoms with Crippen LogP contribution in [0.4, 0.5) is 18.9 Å². The number of benzene rings is 1. The van der Waals surface area contributed by atoms with Crippen LogP contribution in [0.1, 0.15) is 30.9 Å². The Kier molecular flexibility index (Phi) is 5.43. The number of nitrogens with zero attached hydrogens (tertiary/aromatic N) is 1. The van der Waals surface area contributed by atoms with Gasteiger partial charge < -0.3 is 9.88 Å². The first-order valence-electron chi connectivity index (χ1n) is 7.46. The molecular formula is C17H17F3N2O2. The number of nitrogens with one attached hydrogen (secondary N) is 1. The summed E-state index contributed by atoms with van der Waals surface area (Å²) < 4.78 is 39.5. The number of hydrogen-bond donors (Lipinski definition) is 1. The number of halogens is 3. The third kappa shape index (κ3) is 4.47. The second-order valence-corrected chi connectivity index (χ2v) is 5.35. The number of aromatic nitrogens is 1. The summed E-state index contributed by atoms with van der Waals surface area (Å²) >= 11 is 0. The van der Waals surface area contributed by atoms with Crippen molar-refractivity contribution in [2.75, 3.05) is 5.32 Å². The fraction of sp³-hybridized carbons (Fsp3) is 0.294. The van der Waals surface area contributed by atoms with Crippen LogP contribution in [0.3, 0.4) is 0 Å². The molecule has 0 aliphatic carbocycles. The minimum Gasteiger partial charge on any atom is -0.321 e.